The van der Waals surface area contributed by atoms with Gasteiger partial charge >= 0.3 is 12.1 Å². The lowest BCUT2D eigenvalue weighted by atomic mass is 9.83. The molecule has 0 saturated carbocycles. The third-order valence-corrected chi connectivity index (χ3v) is 9.05. The standard InChI is InChI=1S/C34H32Cl2F3N3O4/c1-3-46-33(45)31-21(2)42(30(43)19-27(31)24-11-12-28(35)29(36)17-24)20-22-7-9-23(10-8-22)32(44)41-15-13-40(14-16-41)26-6-4-5-25(18-26)34(37,38)39/h4-12,17-18,27H,3,13-16,19-20H2,1-2H3. The molecule has 5 rings (SSSR count). The van der Waals surface area contributed by atoms with Gasteiger partial charge < -0.3 is 19.4 Å². The van der Waals surface area contributed by atoms with E-state index < -0.39 is 23.6 Å². The van der Waals surface area contributed by atoms with E-state index >= 15 is 0 Å². The maximum Gasteiger partial charge on any atom is 0.416 e. The minimum Gasteiger partial charge on any atom is -0.463 e. The molecule has 0 N–H and O–H groups in total. The average molecular weight is 675 g/mol. The number of nitrogens with zero attached hydrogens (tertiary/aromatic N) is 3. The lowest BCUT2D eigenvalue weighted by Gasteiger charge is -2.36. The summed E-state index contributed by atoms with van der Waals surface area (Å²) in [6.45, 7) is 5.32. The van der Waals surface area contributed by atoms with Gasteiger partial charge in [0.05, 0.1) is 34.3 Å². The van der Waals surface area contributed by atoms with Crippen molar-refractivity contribution in [2.45, 2.75) is 38.9 Å². The number of hydrogen-bond acceptors (Lipinski definition) is 5. The van der Waals surface area contributed by atoms with Crippen LogP contribution in [0, 0.1) is 0 Å². The SMILES string of the molecule is CCOC(=O)C1=C(C)N(Cc2ccc(C(=O)N3CCN(c4cccc(C(F)(F)F)c4)CC3)cc2)C(=O)CC1c1ccc(Cl)c(Cl)c1. The van der Waals surface area contributed by atoms with Crippen LogP contribution in [0.15, 0.2) is 78.0 Å². The molecule has 2 aliphatic rings. The van der Waals surface area contributed by atoms with Crippen molar-refractivity contribution in [2.24, 2.45) is 0 Å². The number of amides is 2. The summed E-state index contributed by atoms with van der Waals surface area (Å²) in [5, 5.41) is 0.689. The molecule has 3 aromatic rings. The number of carbonyl (C=O) groups is 3. The fraction of sp³-hybridized carbons (Fsp3) is 0.324. The van der Waals surface area contributed by atoms with Gasteiger partial charge in [0, 0.05) is 55.5 Å². The van der Waals surface area contributed by atoms with Crippen molar-refractivity contribution in [2.75, 3.05) is 37.7 Å². The van der Waals surface area contributed by atoms with Gasteiger partial charge in [0.15, 0.2) is 0 Å². The highest BCUT2D eigenvalue weighted by Gasteiger charge is 2.37. The molecule has 0 aliphatic carbocycles. The van der Waals surface area contributed by atoms with Crippen LogP contribution in [0.5, 0.6) is 0 Å². The monoisotopic (exact) mass is 673 g/mol. The second-order valence-corrected chi connectivity index (χ2v) is 12.0. The summed E-state index contributed by atoms with van der Waals surface area (Å²) >= 11 is 12.3. The minimum absolute atomic E-state index is 0.0342. The predicted octanol–water partition coefficient (Wildman–Crippen LogP) is 7.33. The Morgan fingerprint density at radius 3 is 2.26 bits per heavy atom. The molecule has 1 atom stereocenters. The summed E-state index contributed by atoms with van der Waals surface area (Å²) in [6, 6.07) is 17.1. The zero-order valence-electron chi connectivity index (χ0n) is 25.2. The molecule has 2 amide bonds. The summed E-state index contributed by atoms with van der Waals surface area (Å²) in [6.07, 6.45) is -4.39. The molecule has 1 fully saturated rings. The second kappa shape index (κ2) is 13.8. The number of piperazine rings is 1. The van der Waals surface area contributed by atoms with Gasteiger partial charge in [0.25, 0.3) is 5.91 Å². The molecule has 0 aromatic heterocycles. The molecule has 242 valence electrons. The van der Waals surface area contributed by atoms with Crippen LogP contribution in [0.1, 0.15) is 53.2 Å². The average Bonchev–Trinajstić information content (AvgIpc) is 3.04. The molecular weight excluding hydrogens is 642 g/mol. The minimum atomic E-state index is -4.42. The predicted molar refractivity (Wildman–Crippen MR) is 170 cm³/mol. The Labute approximate surface area is 275 Å². The van der Waals surface area contributed by atoms with E-state index in [0.29, 0.717) is 64.3 Å². The Bertz CT molecular complexity index is 1670. The summed E-state index contributed by atoms with van der Waals surface area (Å²) in [7, 11) is 0. The van der Waals surface area contributed by atoms with Crippen molar-refractivity contribution in [1.29, 1.82) is 0 Å². The van der Waals surface area contributed by atoms with Gasteiger partial charge in [0.1, 0.15) is 0 Å². The summed E-state index contributed by atoms with van der Waals surface area (Å²) < 4.78 is 44.8. The van der Waals surface area contributed by atoms with Gasteiger partial charge in [-0.1, -0.05) is 47.5 Å². The van der Waals surface area contributed by atoms with Crippen LogP contribution >= 0.6 is 23.2 Å². The maximum atomic E-state index is 13.4. The zero-order valence-corrected chi connectivity index (χ0v) is 26.8. The molecule has 2 heterocycles. The normalized spacial score (nSPS) is 17.4. The Hall–Kier alpha value is -4.02. The van der Waals surface area contributed by atoms with Crippen LogP contribution < -0.4 is 4.90 Å². The van der Waals surface area contributed by atoms with Crippen molar-refractivity contribution >= 4 is 46.7 Å². The fourth-order valence-corrected chi connectivity index (χ4v) is 6.16. The Kier molecular flexibility index (Phi) is 9.98. The number of rotatable bonds is 7. The van der Waals surface area contributed by atoms with E-state index in [1.54, 1.807) is 72.2 Å². The zero-order chi connectivity index (χ0) is 33.2. The first-order valence-corrected chi connectivity index (χ1v) is 15.6. The van der Waals surface area contributed by atoms with E-state index in [-0.39, 0.29) is 31.4 Å². The van der Waals surface area contributed by atoms with Crippen molar-refractivity contribution in [3.63, 3.8) is 0 Å². The van der Waals surface area contributed by atoms with E-state index in [2.05, 4.69) is 0 Å². The summed E-state index contributed by atoms with van der Waals surface area (Å²) in [5.74, 6) is -1.43. The molecular formula is C34H32Cl2F3N3O4. The van der Waals surface area contributed by atoms with Gasteiger partial charge in [-0.3, -0.25) is 9.59 Å². The fourth-order valence-electron chi connectivity index (χ4n) is 5.86. The third-order valence-electron chi connectivity index (χ3n) is 8.31. The first-order valence-electron chi connectivity index (χ1n) is 14.8. The van der Waals surface area contributed by atoms with E-state index in [4.69, 9.17) is 27.9 Å². The van der Waals surface area contributed by atoms with E-state index in [0.717, 1.165) is 17.7 Å². The maximum absolute atomic E-state index is 13.4. The summed E-state index contributed by atoms with van der Waals surface area (Å²) in [5.41, 5.74) is 2.51. The Morgan fingerprint density at radius 1 is 0.935 bits per heavy atom. The van der Waals surface area contributed by atoms with Crippen LogP contribution in [-0.2, 0) is 27.0 Å². The van der Waals surface area contributed by atoms with Gasteiger partial charge in [0.2, 0.25) is 5.91 Å². The van der Waals surface area contributed by atoms with E-state index in [1.165, 1.54) is 6.07 Å². The molecule has 1 unspecified atom stereocenters. The second-order valence-electron chi connectivity index (χ2n) is 11.2. The van der Waals surface area contributed by atoms with Gasteiger partial charge in [-0.2, -0.15) is 13.2 Å². The third kappa shape index (κ3) is 7.18. The smallest absolute Gasteiger partial charge is 0.416 e. The van der Waals surface area contributed by atoms with Crippen molar-refractivity contribution in [3.05, 3.63) is 110 Å². The van der Waals surface area contributed by atoms with Crippen molar-refractivity contribution in [3.8, 4) is 0 Å². The lowest BCUT2D eigenvalue weighted by molar-refractivity contribution is -0.140. The van der Waals surface area contributed by atoms with Gasteiger partial charge in [-0.05, 0) is 67.4 Å². The largest absolute Gasteiger partial charge is 0.463 e. The number of allylic oxidation sites excluding steroid dienone is 1. The highest BCUT2D eigenvalue weighted by molar-refractivity contribution is 6.42. The number of alkyl halides is 3. The number of carbonyl (C=O) groups excluding carboxylic acids is 3. The van der Waals surface area contributed by atoms with Gasteiger partial charge in [-0.15, -0.1) is 0 Å². The highest BCUT2D eigenvalue weighted by Crippen LogP contribution is 2.39. The van der Waals surface area contributed by atoms with Crippen LogP contribution in [0.2, 0.25) is 10.0 Å². The molecule has 0 spiro atoms. The molecule has 46 heavy (non-hydrogen) atoms. The molecule has 1 saturated heterocycles. The van der Waals surface area contributed by atoms with E-state index in [1.807, 2.05) is 4.90 Å². The molecule has 0 radical (unpaired) electrons. The molecule has 3 aromatic carbocycles. The molecule has 12 heteroatoms. The number of anilines is 1. The Morgan fingerprint density at radius 2 is 1.63 bits per heavy atom. The van der Waals surface area contributed by atoms with Crippen LogP contribution in [-0.4, -0.2) is 60.4 Å². The van der Waals surface area contributed by atoms with Crippen molar-refractivity contribution in [1.82, 2.24) is 9.80 Å². The number of esters is 1. The van der Waals surface area contributed by atoms with Crippen LogP contribution in [0.25, 0.3) is 0 Å². The molecule has 0 bridgehead atoms. The van der Waals surface area contributed by atoms with Crippen LogP contribution in [0.3, 0.4) is 0 Å². The number of hydrogen-bond donors (Lipinski definition) is 0. The quantitative estimate of drug-likeness (QED) is 0.246. The number of benzene rings is 3. The summed E-state index contributed by atoms with van der Waals surface area (Å²) in [4.78, 5) is 44.8. The number of halogens is 5. The van der Waals surface area contributed by atoms with Crippen molar-refractivity contribution < 1.29 is 32.3 Å². The van der Waals surface area contributed by atoms with E-state index in [9.17, 15) is 27.6 Å². The molecule has 2 aliphatic heterocycles. The highest BCUT2D eigenvalue weighted by atomic mass is 35.5. The van der Waals surface area contributed by atoms with Crippen LogP contribution in [0.4, 0.5) is 18.9 Å². The lowest BCUT2D eigenvalue weighted by Crippen LogP contribution is -2.48. The topological polar surface area (TPSA) is 70.2 Å². The Balaban J connectivity index is 1.27. The van der Waals surface area contributed by atoms with Gasteiger partial charge in [-0.25, -0.2) is 4.79 Å². The number of ether oxygens (including phenoxy) is 1. The first kappa shape index (κ1) is 33.3. The molecule has 7 nitrogen and oxygen atoms in total. The first-order chi connectivity index (χ1) is 21.9.